The van der Waals surface area contributed by atoms with Crippen LogP contribution in [0.15, 0.2) is 36.9 Å². The largest absolute Gasteiger partial charge is 0.481 e. The van der Waals surface area contributed by atoms with E-state index in [2.05, 4.69) is 15.4 Å². The first-order valence-electron chi connectivity index (χ1n) is 5.56. The molecule has 0 radical (unpaired) electrons. The number of hydrogen-bond donors (Lipinski definition) is 2. The van der Waals surface area contributed by atoms with Gasteiger partial charge in [0.05, 0.1) is 6.54 Å². The van der Waals surface area contributed by atoms with E-state index in [4.69, 9.17) is 5.11 Å². The highest BCUT2D eigenvalue weighted by Gasteiger charge is 2.07. The molecule has 1 amide bonds. The van der Waals surface area contributed by atoms with Crippen molar-refractivity contribution >= 4 is 17.6 Å². The second-order valence-electron chi connectivity index (χ2n) is 3.91. The van der Waals surface area contributed by atoms with Gasteiger partial charge in [0.25, 0.3) is 0 Å². The van der Waals surface area contributed by atoms with Crippen molar-refractivity contribution in [3.8, 4) is 0 Å². The molecule has 0 aliphatic heterocycles. The standard InChI is InChI=1S/C12H12N4O3/c17-11(5-12(18)19)15-10-3-1-9(2-4-10)6-16-8-13-7-14-16/h1-4,7-8H,5-6H2,(H,15,17)(H,18,19). The summed E-state index contributed by atoms with van der Waals surface area (Å²) in [7, 11) is 0. The highest BCUT2D eigenvalue weighted by atomic mass is 16.4. The Kier molecular flexibility index (Phi) is 3.87. The highest BCUT2D eigenvalue weighted by Crippen LogP contribution is 2.10. The number of rotatable bonds is 5. The molecule has 0 fully saturated rings. The van der Waals surface area contributed by atoms with Crippen molar-refractivity contribution in [1.29, 1.82) is 0 Å². The van der Waals surface area contributed by atoms with E-state index in [1.165, 1.54) is 6.33 Å². The lowest BCUT2D eigenvalue weighted by molar-refractivity contribution is -0.139. The minimum absolute atomic E-state index is 0.541. The maximum Gasteiger partial charge on any atom is 0.312 e. The number of aliphatic carboxylic acids is 1. The summed E-state index contributed by atoms with van der Waals surface area (Å²) in [6.45, 7) is 0.587. The van der Waals surface area contributed by atoms with E-state index in [0.717, 1.165) is 5.56 Å². The summed E-state index contributed by atoms with van der Waals surface area (Å²) < 4.78 is 1.68. The van der Waals surface area contributed by atoms with Gasteiger partial charge in [-0.2, -0.15) is 5.10 Å². The zero-order valence-electron chi connectivity index (χ0n) is 9.98. The van der Waals surface area contributed by atoms with Gasteiger partial charge in [0.1, 0.15) is 19.1 Å². The van der Waals surface area contributed by atoms with E-state index in [1.54, 1.807) is 23.1 Å². The number of carbonyl (C=O) groups excluding carboxylic acids is 1. The van der Waals surface area contributed by atoms with E-state index in [1.807, 2.05) is 12.1 Å². The fourth-order valence-corrected chi connectivity index (χ4v) is 1.54. The highest BCUT2D eigenvalue weighted by molar-refractivity contribution is 6.01. The number of aromatic nitrogens is 3. The molecule has 0 bridgehead atoms. The Morgan fingerprint density at radius 3 is 2.58 bits per heavy atom. The van der Waals surface area contributed by atoms with Gasteiger partial charge in [-0.05, 0) is 17.7 Å². The predicted molar refractivity (Wildman–Crippen MR) is 66.4 cm³/mol. The first kappa shape index (κ1) is 12.7. The van der Waals surface area contributed by atoms with Gasteiger partial charge in [-0.25, -0.2) is 9.67 Å². The molecule has 7 heteroatoms. The first-order chi connectivity index (χ1) is 9.13. The van der Waals surface area contributed by atoms with Gasteiger partial charge in [0.15, 0.2) is 0 Å². The summed E-state index contributed by atoms with van der Waals surface area (Å²) >= 11 is 0. The average molecular weight is 260 g/mol. The van der Waals surface area contributed by atoms with Gasteiger partial charge in [-0.3, -0.25) is 9.59 Å². The summed E-state index contributed by atoms with van der Waals surface area (Å²) in [5.41, 5.74) is 1.57. The maximum absolute atomic E-state index is 11.2. The molecule has 0 saturated heterocycles. The van der Waals surface area contributed by atoms with E-state index < -0.39 is 18.3 Å². The summed E-state index contributed by atoms with van der Waals surface area (Å²) in [6.07, 6.45) is 2.53. The Labute approximate surface area is 108 Å². The Morgan fingerprint density at radius 1 is 1.26 bits per heavy atom. The monoisotopic (exact) mass is 260 g/mol. The number of hydrogen-bond acceptors (Lipinski definition) is 4. The lowest BCUT2D eigenvalue weighted by atomic mass is 10.2. The molecule has 2 rings (SSSR count). The van der Waals surface area contributed by atoms with Gasteiger partial charge in [-0.1, -0.05) is 12.1 Å². The van der Waals surface area contributed by atoms with Crippen LogP contribution in [-0.4, -0.2) is 31.7 Å². The van der Waals surface area contributed by atoms with Crippen LogP contribution in [0.4, 0.5) is 5.69 Å². The van der Waals surface area contributed by atoms with Crippen molar-refractivity contribution in [1.82, 2.24) is 14.8 Å². The minimum Gasteiger partial charge on any atom is -0.481 e. The zero-order valence-corrected chi connectivity index (χ0v) is 9.98. The normalized spacial score (nSPS) is 10.1. The quantitative estimate of drug-likeness (QED) is 0.773. The number of amides is 1. The summed E-state index contributed by atoms with van der Waals surface area (Å²) in [5.74, 6) is -1.70. The van der Waals surface area contributed by atoms with Crippen LogP contribution in [0.5, 0.6) is 0 Å². The summed E-state index contributed by atoms with van der Waals surface area (Å²) in [4.78, 5) is 25.4. The Hall–Kier alpha value is -2.70. The summed E-state index contributed by atoms with van der Waals surface area (Å²) in [5, 5.41) is 15.0. The number of anilines is 1. The molecular weight excluding hydrogens is 248 g/mol. The molecule has 1 heterocycles. The van der Waals surface area contributed by atoms with Crippen molar-refractivity contribution in [3.63, 3.8) is 0 Å². The van der Waals surface area contributed by atoms with Crippen molar-refractivity contribution in [2.24, 2.45) is 0 Å². The second-order valence-corrected chi connectivity index (χ2v) is 3.91. The van der Waals surface area contributed by atoms with Gasteiger partial charge < -0.3 is 10.4 Å². The topological polar surface area (TPSA) is 97.1 Å². The minimum atomic E-state index is -1.15. The van der Waals surface area contributed by atoms with Crippen LogP contribution in [0, 0.1) is 0 Å². The predicted octanol–water partition coefficient (Wildman–Crippen LogP) is 0.740. The van der Waals surface area contributed by atoms with Crippen LogP contribution >= 0.6 is 0 Å². The third-order valence-corrected chi connectivity index (χ3v) is 2.36. The van der Waals surface area contributed by atoms with Crippen molar-refractivity contribution in [3.05, 3.63) is 42.5 Å². The molecule has 98 valence electrons. The smallest absolute Gasteiger partial charge is 0.312 e. The van der Waals surface area contributed by atoms with Crippen LogP contribution in [0.25, 0.3) is 0 Å². The third kappa shape index (κ3) is 3.91. The van der Waals surface area contributed by atoms with Crippen LogP contribution in [-0.2, 0) is 16.1 Å². The molecule has 0 aliphatic rings. The molecule has 0 unspecified atom stereocenters. The Morgan fingerprint density at radius 2 is 2.00 bits per heavy atom. The fraction of sp³-hybridized carbons (Fsp3) is 0.167. The Balaban J connectivity index is 1.94. The van der Waals surface area contributed by atoms with Gasteiger partial charge in [0, 0.05) is 5.69 Å². The zero-order chi connectivity index (χ0) is 13.7. The van der Waals surface area contributed by atoms with Gasteiger partial charge in [0.2, 0.25) is 5.91 Å². The van der Waals surface area contributed by atoms with E-state index in [-0.39, 0.29) is 0 Å². The molecule has 1 aromatic heterocycles. The fourth-order valence-electron chi connectivity index (χ4n) is 1.54. The Bertz CT molecular complexity index is 563. The molecule has 0 aliphatic carbocycles. The molecule has 0 atom stereocenters. The van der Waals surface area contributed by atoms with Crippen LogP contribution in [0.1, 0.15) is 12.0 Å². The molecule has 1 aromatic carbocycles. The van der Waals surface area contributed by atoms with Crippen molar-refractivity contribution in [2.45, 2.75) is 13.0 Å². The number of nitrogens with one attached hydrogen (secondary N) is 1. The van der Waals surface area contributed by atoms with E-state index >= 15 is 0 Å². The molecule has 19 heavy (non-hydrogen) atoms. The van der Waals surface area contributed by atoms with Crippen LogP contribution < -0.4 is 5.32 Å². The van der Waals surface area contributed by atoms with Gasteiger partial charge in [-0.15, -0.1) is 0 Å². The van der Waals surface area contributed by atoms with Crippen molar-refractivity contribution in [2.75, 3.05) is 5.32 Å². The number of nitrogens with zero attached hydrogens (tertiary/aromatic N) is 3. The number of carboxylic acid groups (broad SMARTS) is 1. The molecule has 2 aromatic rings. The van der Waals surface area contributed by atoms with Crippen LogP contribution in [0.2, 0.25) is 0 Å². The molecular formula is C12H12N4O3. The third-order valence-electron chi connectivity index (χ3n) is 2.36. The van der Waals surface area contributed by atoms with Crippen molar-refractivity contribution < 1.29 is 14.7 Å². The molecule has 7 nitrogen and oxygen atoms in total. The lowest BCUT2D eigenvalue weighted by Gasteiger charge is -2.05. The molecule has 2 N–H and O–H groups in total. The SMILES string of the molecule is O=C(O)CC(=O)Nc1ccc(Cn2cncn2)cc1. The van der Waals surface area contributed by atoms with Gasteiger partial charge >= 0.3 is 5.97 Å². The number of carbonyl (C=O) groups is 2. The molecule has 0 spiro atoms. The number of carboxylic acids is 1. The first-order valence-corrected chi connectivity index (χ1v) is 5.56. The average Bonchev–Trinajstić information content (AvgIpc) is 2.83. The lowest BCUT2D eigenvalue weighted by Crippen LogP contribution is -2.15. The summed E-state index contributed by atoms with van der Waals surface area (Å²) in [6, 6.07) is 7.09. The van der Waals surface area contributed by atoms with Crippen LogP contribution in [0.3, 0.4) is 0 Å². The van der Waals surface area contributed by atoms with E-state index in [9.17, 15) is 9.59 Å². The molecule has 0 saturated carbocycles. The number of benzene rings is 1. The maximum atomic E-state index is 11.2. The van der Waals surface area contributed by atoms with E-state index in [0.29, 0.717) is 12.2 Å². The second kappa shape index (κ2) is 5.76.